The number of carbonyl (C=O) groups is 1. The number of benzene rings is 1. The van der Waals surface area contributed by atoms with Gasteiger partial charge in [0, 0.05) is 46.3 Å². The van der Waals surface area contributed by atoms with E-state index in [4.69, 9.17) is 14.2 Å². The van der Waals surface area contributed by atoms with Crippen molar-refractivity contribution in [1.29, 1.82) is 0 Å². The van der Waals surface area contributed by atoms with Crippen LogP contribution in [-0.2, 0) is 27.7 Å². The van der Waals surface area contributed by atoms with Crippen molar-refractivity contribution in [3.63, 3.8) is 0 Å². The van der Waals surface area contributed by atoms with Crippen LogP contribution in [-0.4, -0.2) is 35.6 Å². The highest BCUT2D eigenvalue weighted by Gasteiger charge is 2.32. The second-order valence-electron chi connectivity index (χ2n) is 7.54. The summed E-state index contributed by atoms with van der Waals surface area (Å²) in [5, 5.41) is 4.36. The standard InChI is InChI=1S/C24H28N2O4S/c1-5-28-22(24(27)29-6-2)20-15(3)31-23(18-13-25-26(4)14-18)21(20)17-9-10-19-16(12-17)8-7-11-30-19/h9-10,12-14,22H,5-8,11H2,1-4H3. The Bertz CT molecular complexity index is 1090. The van der Waals surface area contributed by atoms with Crippen LogP contribution < -0.4 is 4.74 Å². The van der Waals surface area contributed by atoms with Gasteiger partial charge in [-0.15, -0.1) is 11.3 Å². The van der Waals surface area contributed by atoms with E-state index in [1.54, 1.807) is 16.0 Å². The number of rotatable bonds is 7. The third kappa shape index (κ3) is 4.25. The highest BCUT2D eigenvalue weighted by Crippen LogP contribution is 2.47. The second kappa shape index (κ2) is 9.24. The van der Waals surface area contributed by atoms with Gasteiger partial charge < -0.3 is 14.2 Å². The summed E-state index contributed by atoms with van der Waals surface area (Å²) < 4.78 is 18.9. The zero-order valence-corrected chi connectivity index (χ0v) is 19.3. The summed E-state index contributed by atoms with van der Waals surface area (Å²) in [6.07, 6.45) is 5.08. The average Bonchev–Trinajstić information content (AvgIpc) is 3.34. The first-order valence-corrected chi connectivity index (χ1v) is 11.5. The maximum Gasteiger partial charge on any atom is 0.339 e. The Morgan fingerprint density at radius 1 is 1.29 bits per heavy atom. The van der Waals surface area contributed by atoms with Crippen LogP contribution >= 0.6 is 11.3 Å². The van der Waals surface area contributed by atoms with Crippen LogP contribution in [0.15, 0.2) is 30.6 Å². The van der Waals surface area contributed by atoms with Crippen molar-refractivity contribution < 1.29 is 19.0 Å². The minimum atomic E-state index is -0.770. The zero-order chi connectivity index (χ0) is 22.0. The number of hydrogen-bond acceptors (Lipinski definition) is 6. The molecule has 4 rings (SSSR count). The maximum absolute atomic E-state index is 12.9. The van der Waals surface area contributed by atoms with Gasteiger partial charge in [0.1, 0.15) is 5.75 Å². The summed E-state index contributed by atoms with van der Waals surface area (Å²) >= 11 is 1.66. The molecule has 31 heavy (non-hydrogen) atoms. The molecule has 3 aromatic rings. The second-order valence-corrected chi connectivity index (χ2v) is 8.77. The molecule has 0 aliphatic carbocycles. The van der Waals surface area contributed by atoms with Crippen molar-refractivity contribution in [2.45, 2.75) is 39.7 Å². The third-order valence-electron chi connectivity index (χ3n) is 5.39. The molecule has 0 spiro atoms. The van der Waals surface area contributed by atoms with Gasteiger partial charge >= 0.3 is 5.97 Å². The Hall–Kier alpha value is -2.64. The molecule has 164 valence electrons. The lowest BCUT2D eigenvalue weighted by Crippen LogP contribution is -2.20. The van der Waals surface area contributed by atoms with Crippen LogP contribution in [0.2, 0.25) is 0 Å². The minimum Gasteiger partial charge on any atom is -0.493 e. The first-order valence-electron chi connectivity index (χ1n) is 10.7. The topological polar surface area (TPSA) is 62.6 Å². The summed E-state index contributed by atoms with van der Waals surface area (Å²) in [6, 6.07) is 6.30. The molecule has 0 fully saturated rings. The molecule has 0 radical (unpaired) electrons. The summed E-state index contributed by atoms with van der Waals surface area (Å²) in [5.74, 6) is 0.587. The highest BCUT2D eigenvalue weighted by molar-refractivity contribution is 7.16. The molecule has 6 nitrogen and oxygen atoms in total. The number of hydrogen-bond donors (Lipinski definition) is 0. The number of aryl methyl sites for hydroxylation is 3. The number of nitrogens with zero attached hydrogens (tertiary/aromatic N) is 2. The molecule has 0 saturated carbocycles. The van der Waals surface area contributed by atoms with Gasteiger partial charge in [0.25, 0.3) is 0 Å². The van der Waals surface area contributed by atoms with Gasteiger partial charge in [-0.2, -0.15) is 5.10 Å². The number of carbonyl (C=O) groups excluding carboxylic acids is 1. The smallest absolute Gasteiger partial charge is 0.339 e. The van der Waals surface area contributed by atoms with E-state index in [2.05, 4.69) is 17.2 Å². The average molecular weight is 441 g/mol. The summed E-state index contributed by atoms with van der Waals surface area (Å²) in [4.78, 5) is 15.0. The predicted molar refractivity (Wildman–Crippen MR) is 122 cm³/mol. The largest absolute Gasteiger partial charge is 0.493 e. The Balaban J connectivity index is 1.93. The number of esters is 1. The van der Waals surface area contributed by atoms with E-state index in [1.807, 2.05) is 46.3 Å². The molecule has 1 aliphatic rings. The van der Waals surface area contributed by atoms with Crippen LogP contribution in [0, 0.1) is 6.92 Å². The van der Waals surface area contributed by atoms with Crippen molar-refractivity contribution in [1.82, 2.24) is 9.78 Å². The van der Waals surface area contributed by atoms with Crippen molar-refractivity contribution in [2.24, 2.45) is 7.05 Å². The number of aromatic nitrogens is 2. The molecule has 1 aromatic carbocycles. The molecule has 0 N–H and O–H groups in total. The van der Waals surface area contributed by atoms with Crippen LogP contribution in [0.5, 0.6) is 5.75 Å². The van der Waals surface area contributed by atoms with Crippen molar-refractivity contribution in [3.8, 4) is 27.3 Å². The number of thiophene rings is 1. The van der Waals surface area contributed by atoms with Crippen molar-refractivity contribution >= 4 is 17.3 Å². The fourth-order valence-corrected chi connectivity index (χ4v) is 5.25. The van der Waals surface area contributed by atoms with Gasteiger partial charge in [-0.05, 0) is 56.9 Å². The van der Waals surface area contributed by atoms with Crippen LogP contribution in [0.25, 0.3) is 21.6 Å². The SMILES string of the molecule is CCOC(=O)C(OCC)c1c(C)sc(-c2cnn(C)c2)c1-c1ccc2c(c1)CCCO2. The molecule has 1 atom stereocenters. The van der Waals surface area contributed by atoms with E-state index in [9.17, 15) is 4.79 Å². The fraction of sp³-hybridized carbons (Fsp3) is 0.417. The van der Waals surface area contributed by atoms with Gasteiger partial charge in [-0.3, -0.25) is 4.68 Å². The van der Waals surface area contributed by atoms with E-state index >= 15 is 0 Å². The molecule has 2 aromatic heterocycles. The lowest BCUT2D eigenvalue weighted by Gasteiger charge is -2.21. The fourth-order valence-electron chi connectivity index (χ4n) is 4.07. The molecule has 7 heteroatoms. The zero-order valence-electron chi connectivity index (χ0n) is 18.4. The van der Waals surface area contributed by atoms with Crippen LogP contribution in [0.4, 0.5) is 0 Å². The summed E-state index contributed by atoms with van der Waals surface area (Å²) in [5.41, 5.74) is 5.15. The highest BCUT2D eigenvalue weighted by atomic mass is 32.1. The van der Waals surface area contributed by atoms with E-state index in [0.29, 0.717) is 13.2 Å². The van der Waals surface area contributed by atoms with Crippen LogP contribution in [0.1, 0.15) is 42.4 Å². The first kappa shape index (κ1) is 21.6. The Morgan fingerprint density at radius 3 is 2.84 bits per heavy atom. The molecule has 3 heterocycles. The Kier molecular flexibility index (Phi) is 6.43. The van der Waals surface area contributed by atoms with Gasteiger partial charge in [0.05, 0.1) is 19.4 Å². The number of ether oxygens (including phenoxy) is 3. The third-order valence-corrected chi connectivity index (χ3v) is 6.56. The maximum atomic E-state index is 12.9. The van der Waals surface area contributed by atoms with E-state index < -0.39 is 6.10 Å². The molecular formula is C24H28N2O4S. The number of fused-ring (bicyclic) bond motifs is 1. The summed E-state index contributed by atoms with van der Waals surface area (Å²) in [7, 11) is 1.91. The van der Waals surface area contributed by atoms with E-state index in [-0.39, 0.29) is 5.97 Å². The molecule has 1 aliphatic heterocycles. The van der Waals surface area contributed by atoms with Gasteiger partial charge in [0.2, 0.25) is 0 Å². The normalized spacial score (nSPS) is 14.1. The Labute approximate surface area is 186 Å². The first-order chi connectivity index (χ1) is 15.0. The monoisotopic (exact) mass is 440 g/mol. The van der Waals surface area contributed by atoms with Gasteiger partial charge in [0.15, 0.2) is 6.10 Å². The molecule has 1 unspecified atom stereocenters. The van der Waals surface area contributed by atoms with E-state index in [1.165, 1.54) is 5.56 Å². The molecule has 0 saturated heterocycles. The molecular weight excluding hydrogens is 412 g/mol. The van der Waals surface area contributed by atoms with E-state index in [0.717, 1.165) is 57.2 Å². The lowest BCUT2D eigenvalue weighted by molar-refractivity contribution is -0.157. The molecule has 0 amide bonds. The van der Waals surface area contributed by atoms with Gasteiger partial charge in [-0.1, -0.05) is 6.07 Å². The predicted octanol–water partition coefficient (Wildman–Crippen LogP) is 5.09. The minimum absolute atomic E-state index is 0.312. The summed E-state index contributed by atoms with van der Waals surface area (Å²) in [6.45, 7) is 7.23. The van der Waals surface area contributed by atoms with Crippen molar-refractivity contribution in [2.75, 3.05) is 19.8 Å². The van der Waals surface area contributed by atoms with Crippen LogP contribution in [0.3, 0.4) is 0 Å². The lowest BCUT2D eigenvalue weighted by atomic mass is 9.92. The quantitative estimate of drug-likeness (QED) is 0.479. The molecule has 0 bridgehead atoms. The Morgan fingerprint density at radius 2 is 2.13 bits per heavy atom. The van der Waals surface area contributed by atoms with Gasteiger partial charge in [-0.25, -0.2) is 4.79 Å². The van der Waals surface area contributed by atoms with Crippen molar-refractivity contribution in [3.05, 3.63) is 46.6 Å².